The van der Waals surface area contributed by atoms with Crippen LogP contribution in [0.2, 0.25) is 0 Å². The van der Waals surface area contributed by atoms with Crippen LogP contribution >= 0.6 is 0 Å². The number of rotatable bonds is 10. The van der Waals surface area contributed by atoms with Crippen molar-refractivity contribution in [2.24, 2.45) is 5.73 Å². The predicted octanol–water partition coefficient (Wildman–Crippen LogP) is 4.21. The van der Waals surface area contributed by atoms with Crippen molar-refractivity contribution in [3.05, 3.63) is 102 Å². The summed E-state index contributed by atoms with van der Waals surface area (Å²) in [4.78, 5) is 23.5. The van der Waals surface area contributed by atoms with E-state index in [1.807, 2.05) is 67.6 Å². The molecule has 0 aliphatic heterocycles. The fourth-order valence-corrected chi connectivity index (χ4v) is 3.42. The minimum atomic E-state index is -4.02. The number of esters is 2. The first-order valence-electron chi connectivity index (χ1n) is 11.3. The lowest BCUT2D eigenvalue weighted by atomic mass is 10.1. The molecule has 0 amide bonds. The molecular weight excluding hydrogens is 482 g/mol. The van der Waals surface area contributed by atoms with Crippen LogP contribution in [-0.2, 0) is 42.4 Å². The third-order valence-corrected chi connectivity index (χ3v) is 5.85. The lowest BCUT2D eigenvalue weighted by Gasteiger charge is -2.11. The molecule has 192 valence electrons. The fourth-order valence-electron chi connectivity index (χ4n) is 2.94. The van der Waals surface area contributed by atoms with E-state index in [-0.39, 0.29) is 30.5 Å². The highest BCUT2D eigenvalue weighted by atomic mass is 32.2. The SMILES string of the molecule is Cc1ccc(S(=O)(=O)O)cc1.N[C@@H](CCCC(=O)OCc1ccccc1)C(=O)OCc1ccccc1. The molecule has 0 unspecified atom stereocenters. The van der Waals surface area contributed by atoms with Crippen LogP contribution in [0.1, 0.15) is 36.0 Å². The van der Waals surface area contributed by atoms with Crippen LogP contribution in [0.25, 0.3) is 0 Å². The van der Waals surface area contributed by atoms with Gasteiger partial charge in [0, 0.05) is 6.42 Å². The zero-order valence-electron chi connectivity index (χ0n) is 20.1. The first-order chi connectivity index (χ1) is 17.1. The highest BCUT2D eigenvalue weighted by Crippen LogP contribution is 2.09. The molecule has 0 bridgehead atoms. The van der Waals surface area contributed by atoms with Gasteiger partial charge in [0.2, 0.25) is 0 Å². The zero-order chi connectivity index (χ0) is 26.4. The first kappa shape index (κ1) is 28.7. The molecule has 3 aromatic carbocycles. The molecule has 0 saturated heterocycles. The van der Waals surface area contributed by atoms with Crippen molar-refractivity contribution in [1.82, 2.24) is 0 Å². The summed E-state index contributed by atoms with van der Waals surface area (Å²) >= 11 is 0. The Morgan fingerprint density at radius 3 is 1.83 bits per heavy atom. The Labute approximate surface area is 211 Å². The highest BCUT2D eigenvalue weighted by molar-refractivity contribution is 7.85. The van der Waals surface area contributed by atoms with Crippen molar-refractivity contribution in [2.45, 2.75) is 50.3 Å². The van der Waals surface area contributed by atoms with E-state index >= 15 is 0 Å². The van der Waals surface area contributed by atoms with Crippen LogP contribution in [0.15, 0.2) is 89.8 Å². The molecule has 0 heterocycles. The van der Waals surface area contributed by atoms with Gasteiger partial charge in [0.25, 0.3) is 10.1 Å². The molecule has 3 N–H and O–H groups in total. The highest BCUT2D eigenvalue weighted by Gasteiger charge is 2.16. The van der Waals surface area contributed by atoms with Gasteiger partial charge in [-0.15, -0.1) is 0 Å². The van der Waals surface area contributed by atoms with Gasteiger partial charge >= 0.3 is 11.9 Å². The topological polar surface area (TPSA) is 133 Å². The summed E-state index contributed by atoms with van der Waals surface area (Å²) in [7, 11) is -4.02. The molecule has 3 rings (SSSR count). The van der Waals surface area contributed by atoms with Crippen molar-refractivity contribution < 1.29 is 32.0 Å². The molecule has 0 aromatic heterocycles. The third kappa shape index (κ3) is 11.3. The van der Waals surface area contributed by atoms with E-state index in [0.717, 1.165) is 16.7 Å². The monoisotopic (exact) mass is 513 g/mol. The minimum absolute atomic E-state index is 0.0666. The van der Waals surface area contributed by atoms with Gasteiger partial charge in [-0.3, -0.25) is 14.1 Å². The molecule has 0 spiro atoms. The minimum Gasteiger partial charge on any atom is -0.461 e. The quantitative estimate of drug-likeness (QED) is 0.304. The van der Waals surface area contributed by atoms with Gasteiger partial charge in [-0.2, -0.15) is 8.42 Å². The van der Waals surface area contributed by atoms with Gasteiger partial charge in [-0.05, 0) is 43.0 Å². The molecule has 0 fully saturated rings. The van der Waals surface area contributed by atoms with Crippen LogP contribution in [0.3, 0.4) is 0 Å². The third-order valence-electron chi connectivity index (χ3n) is 4.98. The van der Waals surface area contributed by atoms with Gasteiger partial charge < -0.3 is 15.2 Å². The maximum atomic E-state index is 11.8. The Morgan fingerprint density at radius 2 is 1.33 bits per heavy atom. The maximum Gasteiger partial charge on any atom is 0.323 e. The van der Waals surface area contributed by atoms with Crippen LogP contribution in [0.5, 0.6) is 0 Å². The van der Waals surface area contributed by atoms with Gasteiger partial charge in [-0.25, -0.2) is 0 Å². The van der Waals surface area contributed by atoms with Crippen LogP contribution in [-0.4, -0.2) is 31.0 Å². The van der Waals surface area contributed by atoms with E-state index in [1.165, 1.54) is 12.1 Å². The molecule has 36 heavy (non-hydrogen) atoms. The lowest BCUT2D eigenvalue weighted by Crippen LogP contribution is -2.32. The Hall–Kier alpha value is -3.53. The van der Waals surface area contributed by atoms with Gasteiger partial charge in [0.05, 0.1) is 4.90 Å². The van der Waals surface area contributed by atoms with Crippen LogP contribution in [0, 0.1) is 6.92 Å². The van der Waals surface area contributed by atoms with Crippen LogP contribution < -0.4 is 5.73 Å². The summed E-state index contributed by atoms with van der Waals surface area (Å²) in [5, 5.41) is 0. The smallest absolute Gasteiger partial charge is 0.323 e. The fraction of sp³-hybridized carbons (Fsp3) is 0.259. The molecule has 8 nitrogen and oxygen atoms in total. The van der Waals surface area contributed by atoms with E-state index in [9.17, 15) is 18.0 Å². The Kier molecular flexibility index (Phi) is 11.8. The number of aryl methyl sites for hydroxylation is 1. The summed E-state index contributed by atoms with van der Waals surface area (Å²) < 4.78 is 39.9. The van der Waals surface area contributed by atoms with E-state index in [2.05, 4.69) is 0 Å². The number of ether oxygens (including phenoxy) is 2. The number of carbonyl (C=O) groups is 2. The molecule has 1 atom stereocenters. The molecule has 0 aliphatic carbocycles. The van der Waals surface area contributed by atoms with Crippen molar-refractivity contribution in [2.75, 3.05) is 0 Å². The number of nitrogens with two attached hydrogens (primary N) is 1. The van der Waals surface area contributed by atoms with E-state index in [1.54, 1.807) is 12.1 Å². The van der Waals surface area contributed by atoms with Crippen molar-refractivity contribution in [1.29, 1.82) is 0 Å². The second kappa shape index (κ2) is 14.8. The Bertz CT molecular complexity index is 1180. The first-order valence-corrected chi connectivity index (χ1v) is 12.8. The molecule has 3 aromatic rings. The molecule has 0 saturated carbocycles. The van der Waals surface area contributed by atoms with E-state index < -0.39 is 22.1 Å². The van der Waals surface area contributed by atoms with Gasteiger partial charge in [0.15, 0.2) is 0 Å². The second-order valence-corrected chi connectivity index (χ2v) is 9.45. The lowest BCUT2D eigenvalue weighted by molar-refractivity contribution is -0.148. The van der Waals surface area contributed by atoms with E-state index in [4.69, 9.17) is 19.8 Å². The summed E-state index contributed by atoms with van der Waals surface area (Å²) in [5.41, 5.74) is 8.61. The summed E-state index contributed by atoms with van der Waals surface area (Å²) in [5.74, 6) is -0.754. The average molecular weight is 514 g/mol. The summed E-state index contributed by atoms with van der Waals surface area (Å²) in [6.07, 6.45) is 1.09. The maximum absolute atomic E-state index is 11.8. The molecule has 9 heteroatoms. The number of carbonyl (C=O) groups excluding carboxylic acids is 2. The number of benzene rings is 3. The summed E-state index contributed by atoms with van der Waals surface area (Å²) in [6.45, 7) is 2.30. The normalized spacial score (nSPS) is 11.5. The van der Waals surface area contributed by atoms with Crippen molar-refractivity contribution in [3.8, 4) is 0 Å². The number of hydrogen-bond acceptors (Lipinski definition) is 7. The Balaban J connectivity index is 0.000000346. The molecule has 0 radical (unpaired) electrons. The Morgan fingerprint density at radius 1 is 0.833 bits per heavy atom. The largest absolute Gasteiger partial charge is 0.461 e. The van der Waals surface area contributed by atoms with Crippen molar-refractivity contribution >= 4 is 22.1 Å². The van der Waals surface area contributed by atoms with Crippen LogP contribution in [0.4, 0.5) is 0 Å². The molecule has 0 aliphatic rings. The number of hydrogen-bond donors (Lipinski definition) is 2. The standard InChI is InChI=1S/C20H23NO4.C7H8O3S/c21-18(20(23)25-15-17-10-5-2-6-11-17)12-7-13-19(22)24-14-16-8-3-1-4-9-16;1-6-2-4-7(5-3-6)11(8,9)10/h1-6,8-11,18H,7,12-15,21H2;2-5H,1H3,(H,8,9,10)/t18-;/m0./s1. The van der Waals surface area contributed by atoms with E-state index in [0.29, 0.717) is 12.8 Å². The van der Waals surface area contributed by atoms with Gasteiger partial charge in [0.1, 0.15) is 19.3 Å². The average Bonchev–Trinajstić information content (AvgIpc) is 2.87. The second-order valence-electron chi connectivity index (χ2n) is 8.03. The summed E-state index contributed by atoms with van der Waals surface area (Å²) in [6, 6.07) is 24.1. The predicted molar refractivity (Wildman–Crippen MR) is 135 cm³/mol. The molecular formula is C27H31NO7S. The van der Waals surface area contributed by atoms with Gasteiger partial charge in [-0.1, -0.05) is 78.4 Å². The zero-order valence-corrected chi connectivity index (χ0v) is 20.9. The van der Waals surface area contributed by atoms with Crippen molar-refractivity contribution in [3.63, 3.8) is 0 Å².